The molecule has 0 aliphatic carbocycles. The fourth-order valence-corrected chi connectivity index (χ4v) is 2.96. The molecule has 0 aliphatic heterocycles. The van der Waals surface area contributed by atoms with E-state index in [1.54, 1.807) is 0 Å². The molecule has 3 aromatic rings. The summed E-state index contributed by atoms with van der Waals surface area (Å²) < 4.78 is 84.3. The zero-order valence-corrected chi connectivity index (χ0v) is 17.1. The number of hydrogen-bond acceptors (Lipinski definition) is 1. The first-order chi connectivity index (χ1) is 15.7. The Labute approximate surface area is 186 Å². The van der Waals surface area contributed by atoms with Gasteiger partial charge in [-0.25, -0.2) is 26.3 Å². The smallest absolute Gasteiger partial charge is 0.145 e. The van der Waals surface area contributed by atoms with Gasteiger partial charge in [-0.2, -0.15) is 5.26 Å². The van der Waals surface area contributed by atoms with Crippen LogP contribution < -0.4 is 0 Å². The van der Waals surface area contributed by atoms with Gasteiger partial charge in [-0.1, -0.05) is 37.0 Å². The first-order valence-electron chi connectivity index (χ1n) is 9.63. The molecule has 0 bridgehead atoms. The van der Waals surface area contributed by atoms with Crippen molar-refractivity contribution in [3.05, 3.63) is 105 Å². The van der Waals surface area contributed by atoms with Crippen LogP contribution in [0.1, 0.15) is 46.7 Å². The summed E-state index contributed by atoms with van der Waals surface area (Å²) in [4.78, 5) is 0. The van der Waals surface area contributed by atoms with Crippen LogP contribution in [0.3, 0.4) is 0 Å². The lowest BCUT2D eigenvalue weighted by molar-refractivity contribution is 0.573. The largest absolute Gasteiger partial charge is 0.206 e. The van der Waals surface area contributed by atoms with Crippen LogP contribution in [0, 0.1) is 69.9 Å². The van der Waals surface area contributed by atoms with Crippen molar-refractivity contribution < 1.29 is 26.3 Å². The van der Waals surface area contributed by atoms with Crippen molar-refractivity contribution in [1.82, 2.24) is 0 Å². The Kier molecular flexibility index (Phi) is 7.11. The predicted molar refractivity (Wildman–Crippen MR) is 110 cm³/mol. The first kappa shape index (κ1) is 23.5. The van der Waals surface area contributed by atoms with Crippen molar-refractivity contribution in [1.29, 1.82) is 5.26 Å². The maximum absolute atomic E-state index is 14.4. The molecule has 0 saturated heterocycles. The summed E-state index contributed by atoms with van der Waals surface area (Å²) in [6, 6.07) is 6.83. The minimum absolute atomic E-state index is 0.192. The normalized spacial score (nSPS) is 10.0. The molecule has 0 fully saturated rings. The predicted octanol–water partition coefficient (Wildman–Crippen LogP) is 6.14. The Hall–Kier alpha value is -4.15. The molecule has 7 heteroatoms. The maximum Gasteiger partial charge on any atom is 0.145 e. The lowest BCUT2D eigenvalue weighted by atomic mass is 10.1. The van der Waals surface area contributed by atoms with Gasteiger partial charge in [0.05, 0.1) is 11.1 Å². The number of rotatable bonds is 2. The van der Waals surface area contributed by atoms with E-state index in [2.05, 4.69) is 23.7 Å². The van der Waals surface area contributed by atoms with Crippen LogP contribution >= 0.6 is 0 Å². The van der Waals surface area contributed by atoms with Crippen LogP contribution in [0.2, 0.25) is 0 Å². The van der Waals surface area contributed by atoms with E-state index in [0.717, 1.165) is 36.4 Å². The van der Waals surface area contributed by atoms with Crippen LogP contribution in [0.15, 0.2) is 36.4 Å². The Morgan fingerprint density at radius 2 is 0.939 bits per heavy atom. The van der Waals surface area contributed by atoms with Gasteiger partial charge in [-0.3, -0.25) is 0 Å². The third kappa shape index (κ3) is 5.37. The number of benzene rings is 3. The Balaban J connectivity index is 1.93. The summed E-state index contributed by atoms with van der Waals surface area (Å²) in [7, 11) is 0. The molecule has 3 rings (SSSR count). The Morgan fingerprint density at radius 1 is 0.576 bits per heavy atom. The van der Waals surface area contributed by atoms with E-state index in [9.17, 15) is 26.3 Å². The molecule has 0 radical (unpaired) electrons. The molecule has 0 aliphatic rings. The molecule has 0 amide bonds. The van der Waals surface area contributed by atoms with Gasteiger partial charge in [0.15, 0.2) is 0 Å². The van der Waals surface area contributed by atoms with Crippen molar-refractivity contribution in [2.75, 3.05) is 0 Å². The number of halogens is 6. The summed E-state index contributed by atoms with van der Waals surface area (Å²) in [5, 5.41) is 8.66. The number of hydrogen-bond donors (Lipinski definition) is 0. The van der Waals surface area contributed by atoms with Gasteiger partial charge < -0.3 is 0 Å². The SMILES string of the molecule is CCCc1cc(F)c(C#Cc2cc(F)c(C#Cc3cc(F)c(C#N)c(F)c3)c(F)c2)c(F)c1. The quantitative estimate of drug-likeness (QED) is 0.338. The van der Waals surface area contributed by atoms with Gasteiger partial charge in [-0.15, -0.1) is 0 Å². The number of nitriles is 1. The standard InChI is InChI=1S/C26H13F6N/c1-2-3-15-8-21(27)18(22(28)9-15)6-4-16-10-23(29)19(24(30)11-16)7-5-17-12-25(31)20(14-33)26(32)13-17/h8-13H,2-3H2,1H3. The topological polar surface area (TPSA) is 23.8 Å². The van der Waals surface area contributed by atoms with Gasteiger partial charge in [-0.05, 0) is 48.4 Å². The van der Waals surface area contributed by atoms with Gasteiger partial charge in [0.1, 0.15) is 46.5 Å². The van der Waals surface area contributed by atoms with Crippen molar-refractivity contribution in [2.24, 2.45) is 0 Å². The monoisotopic (exact) mass is 453 g/mol. The fourth-order valence-electron chi connectivity index (χ4n) is 2.96. The van der Waals surface area contributed by atoms with Crippen molar-refractivity contribution in [3.8, 4) is 29.8 Å². The van der Waals surface area contributed by atoms with Crippen LogP contribution in [-0.4, -0.2) is 0 Å². The van der Waals surface area contributed by atoms with E-state index in [0.29, 0.717) is 18.4 Å². The molecule has 0 N–H and O–H groups in total. The third-order valence-corrected chi connectivity index (χ3v) is 4.50. The number of nitrogens with zero attached hydrogens (tertiary/aromatic N) is 1. The van der Waals surface area contributed by atoms with Crippen LogP contribution in [0.5, 0.6) is 0 Å². The maximum atomic E-state index is 14.4. The molecular formula is C26H13F6N. The summed E-state index contributed by atoms with van der Waals surface area (Å²) in [6.07, 6.45) is 1.19. The average Bonchev–Trinajstić information content (AvgIpc) is 2.72. The highest BCUT2D eigenvalue weighted by Crippen LogP contribution is 2.18. The molecule has 33 heavy (non-hydrogen) atoms. The molecule has 0 saturated carbocycles. The van der Waals surface area contributed by atoms with E-state index in [1.807, 2.05) is 6.92 Å². The molecule has 0 unspecified atom stereocenters. The minimum Gasteiger partial charge on any atom is -0.206 e. The van der Waals surface area contributed by atoms with E-state index in [1.165, 1.54) is 6.07 Å². The van der Waals surface area contributed by atoms with Gasteiger partial charge in [0.2, 0.25) is 0 Å². The van der Waals surface area contributed by atoms with Crippen LogP contribution in [-0.2, 0) is 6.42 Å². The highest BCUT2D eigenvalue weighted by atomic mass is 19.2. The molecule has 0 spiro atoms. The number of aryl methyl sites for hydroxylation is 1. The molecule has 1 nitrogen and oxygen atoms in total. The van der Waals surface area contributed by atoms with Gasteiger partial charge in [0, 0.05) is 11.1 Å². The van der Waals surface area contributed by atoms with Gasteiger partial charge >= 0.3 is 0 Å². The average molecular weight is 453 g/mol. The minimum atomic E-state index is -1.16. The highest BCUT2D eigenvalue weighted by Gasteiger charge is 2.12. The van der Waals surface area contributed by atoms with Crippen LogP contribution in [0.25, 0.3) is 0 Å². The summed E-state index contributed by atoms with van der Waals surface area (Å²) in [5.41, 5.74) is -1.96. The van der Waals surface area contributed by atoms with E-state index >= 15 is 0 Å². The lowest BCUT2D eigenvalue weighted by Crippen LogP contribution is -1.96. The summed E-state index contributed by atoms with van der Waals surface area (Å²) in [6.45, 7) is 1.86. The summed E-state index contributed by atoms with van der Waals surface area (Å²) in [5.74, 6) is 2.61. The first-order valence-corrected chi connectivity index (χ1v) is 9.63. The van der Waals surface area contributed by atoms with Gasteiger partial charge in [0.25, 0.3) is 0 Å². The second kappa shape index (κ2) is 9.98. The highest BCUT2D eigenvalue weighted by molar-refractivity contribution is 5.51. The fraction of sp³-hybridized carbons (Fsp3) is 0.115. The lowest BCUT2D eigenvalue weighted by Gasteiger charge is -2.03. The molecule has 3 aromatic carbocycles. The zero-order chi connectivity index (χ0) is 24.1. The van der Waals surface area contributed by atoms with Crippen molar-refractivity contribution in [2.45, 2.75) is 19.8 Å². The van der Waals surface area contributed by atoms with E-state index < -0.39 is 51.6 Å². The molecule has 0 heterocycles. The molecule has 0 atom stereocenters. The van der Waals surface area contributed by atoms with E-state index in [4.69, 9.17) is 5.26 Å². The second-order valence-corrected chi connectivity index (χ2v) is 6.93. The van der Waals surface area contributed by atoms with Crippen molar-refractivity contribution in [3.63, 3.8) is 0 Å². The molecule has 0 aromatic heterocycles. The van der Waals surface area contributed by atoms with E-state index in [-0.39, 0.29) is 11.1 Å². The molecular weight excluding hydrogens is 440 g/mol. The third-order valence-electron chi connectivity index (χ3n) is 4.50. The zero-order valence-electron chi connectivity index (χ0n) is 17.1. The molecule has 164 valence electrons. The second-order valence-electron chi connectivity index (χ2n) is 6.93. The Morgan fingerprint density at radius 3 is 1.30 bits per heavy atom. The Bertz CT molecular complexity index is 1340. The summed E-state index contributed by atoms with van der Waals surface area (Å²) >= 11 is 0. The van der Waals surface area contributed by atoms with Crippen molar-refractivity contribution >= 4 is 0 Å². The van der Waals surface area contributed by atoms with Crippen LogP contribution in [0.4, 0.5) is 26.3 Å².